The molecule has 0 bridgehead atoms. The first kappa shape index (κ1) is 9.86. The minimum atomic E-state index is 0.368. The van der Waals surface area contributed by atoms with Crippen LogP contribution in [0.2, 0.25) is 5.15 Å². The molecule has 2 heterocycles. The molecule has 0 unspecified atom stereocenters. The second-order valence-corrected chi connectivity index (χ2v) is 3.47. The highest BCUT2D eigenvalue weighted by atomic mass is 35.5. The highest BCUT2D eigenvalue weighted by Gasteiger charge is 1.96. The molecule has 15 heavy (non-hydrogen) atoms. The van der Waals surface area contributed by atoms with Crippen LogP contribution in [-0.2, 0) is 6.54 Å². The van der Waals surface area contributed by atoms with E-state index in [-0.39, 0.29) is 0 Å². The minimum absolute atomic E-state index is 0.368. The lowest BCUT2D eigenvalue weighted by Crippen LogP contribution is -2.19. The third-order valence-corrected chi connectivity index (χ3v) is 2.20. The van der Waals surface area contributed by atoms with Crippen LogP contribution in [0, 0.1) is 5.41 Å². The summed E-state index contributed by atoms with van der Waals surface area (Å²) in [6, 6.07) is 3.63. The van der Waals surface area contributed by atoms with Crippen LogP contribution in [0.5, 0.6) is 0 Å². The number of rotatable bonds is 2. The minimum Gasteiger partial charge on any atom is -0.326 e. The number of pyridine rings is 1. The molecule has 0 spiro atoms. The molecule has 1 N–H and O–H groups in total. The summed E-state index contributed by atoms with van der Waals surface area (Å²) in [6.07, 6.45) is 6.62. The number of nitrogens with one attached hydrogen (secondary N) is 1. The van der Waals surface area contributed by atoms with Gasteiger partial charge in [0.15, 0.2) is 0 Å². The van der Waals surface area contributed by atoms with Gasteiger partial charge >= 0.3 is 0 Å². The Kier molecular flexibility index (Phi) is 2.78. The predicted octanol–water partition coefficient (Wildman–Crippen LogP) is 1.46. The van der Waals surface area contributed by atoms with Crippen LogP contribution in [0.15, 0.2) is 36.9 Å². The monoisotopic (exact) mass is 220 g/mol. The van der Waals surface area contributed by atoms with Crippen LogP contribution < -0.4 is 5.49 Å². The van der Waals surface area contributed by atoms with Crippen molar-refractivity contribution in [1.82, 2.24) is 14.5 Å². The topological polar surface area (TPSA) is 54.6 Å². The molecular formula is C10H9ClN4. The molecule has 0 aliphatic rings. The first-order valence-electron chi connectivity index (χ1n) is 4.41. The van der Waals surface area contributed by atoms with Gasteiger partial charge in [0, 0.05) is 18.6 Å². The molecule has 0 aliphatic heterocycles. The van der Waals surface area contributed by atoms with Crippen molar-refractivity contribution in [1.29, 1.82) is 5.41 Å². The van der Waals surface area contributed by atoms with Crippen molar-refractivity contribution < 1.29 is 0 Å². The zero-order valence-corrected chi connectivity index (χ0v) is 8.65. The lowest BCUT2D eigenvalue weighted by atomic mass is 10.3. The van der Waals surface area contributed by atoms with Gasteiger partial charge in [0.25, 0.3) is 0 Å². The second-order valence-electron chi connectivity index (χ2n) is 3.08. The fourth-order valence-corrected chi connectivity index (χ4v) is 1.33. The number of hydrogen-bond acceptors (Lipinski definition) is 3. The number of hydrogen-bond donors (Lipinski definition) is 1. The van der Waals surface area contributed by atoms with Gasteiger partial charge in [-0.1, -0.05) is 17.7 Å². The van der Waals surface area contributed by atoms with E-state index >= 15 is 0 Å². The van der Waals surface area contributed by atoms with Crippen molar-refractivity contribution in [2.24, 2.45) is 0 Å². The zero-order valence-electron chi connectivity index (χ0n) is 7.89. The summed E-state index contributed by atoms with van der Waals surface area (Å²) >= 11 is 5.68. The summed E-state index contributed by atoms with van der Waals surface area (Å²) in [5.74, 6) is 0. The average molecular weight is 221 g/mol. The van der Waals surface area contributed by atoms with E-state index in [2.05, 4.69) is 9.97 Å². The Morgan fingerprint density at radius 1 is 1.33 bits per heavy atom. The standard InChI is InChI=1S/C10H9ClN4/c11-9-2-1-8(5-14-9)7-15-4-3-13-6-10(15)12/h1-6,12H,7H2. The SMILES string of the molecule is N=c1cnccn1Cc1ccc(Cl)nc1. The molecule has 0 amide bonds. The third kappa shape index (κ3) is 2.41. The Balaban J connectivity index is 2.26. The molecule has 0 aromatic carbocycles. The van der Waals surface area contributed by atoms with Crippen molar-refractivity contribution in [2.45, 2.75) is 6.54 Å². The van der Waals surface area contributed by atoms with E-state index in [0.717, 1.165) is 5.56 Å². The van der Waals surface area contributed by atoms with Crippen molar-refractivity contribution in [3.63, 3.8) is 0 Å². The quantitative estimate of drug-likeness (QED) is 0.779. The average Bonchev–Trinajstić information content (AvgIpc) is 2.25. The van der Waals surface area contributed by atoms with E-state index in [1.165, 1.54) is 6.20 Å². The normalized spacial score (nSPS) is 10.2. The molecule has 0 radical (unpaired) electrons. The molecule has 5 heteroatoms. The Morgan fingerprint density at radius 2 is 2.20 bits per heavy atom. The van der Waals surface area contributed by atoms with Gasteiger partial charge in [0.2, 0.25) is 0 Å². The maximum absolute atomic E-state index is 7.62. The molecule has 4 nitrogen and oxygen atoms in total. The number of aromatic nitrogens is 3. The highest BCUT2D eigenvalue weighted by molar-refractivity contribution is 6.29. The fraction of sp³-hybridized carbons (Fsp3) is 0.100. The van der Waals surface area contributed by atoms with Crippen LogP contribution in [0.3, 0.4) is 0 Å². The predicted molar refractivity (Wildman–Crippen MR) is 56.4 cm³/mol. The van der Waals surface area contributed by atoms with Gasteiger partial charge in [-0.05, 0) is 11.6 Å². The lowest BCUT2D eigenvalue weighted by molar-refractivity contribution is 0.717. The number of nitrogens with zero attached hydrogens (tertiary/aromatic N) is 3. The van der Waals surface area contributed by atoms with Crippen molar-refractivity contribution in [2.75, 3.05) is 0 Å². The molecule has 76 valence electrons. The fourth-order valence-electron chi connectivity index (χ4n) is 1.22. The molecule has 0 saturated heterocycles. The molecule has 2 aromatic rings. The highest BCUT2D eigenvalue weighted by Crippen LogP contribution is 2.05. The third-order valence-electron chi connectivity index (χ3n) is 1.98. The van der Waals surface area contributed by atoms with E-state index in [9.17, 15) is 0 Å². The Hall–Kier alpha value is -1.68. The molecule has 2 aromatic heterocycles. The van der Waals surface area contributed by atoms with Gasteiger partial charge in [0.1, 0.15) is 10.6 Å². The van der Waals surface area contributed by atoms with Gasteiger partial charge < -0.3 is 4.57 Å². The summed E-state index contributed by atoms with van der Waals surface area (Å²) in [7, 11) is 0. The van der Waals surface area contributed by atoms with E-state index in [1.807, 2.05) is 6.07 Å². The molecule has 0 saturated carbocycles. The summed E-state index contributed by atoms with van der Waals surface area (Å²) in [4.78, 5) is 7.84. The van der Waals surface area contributed by atoms with Crippen molar-refractivity contribution >= 4 is 11.6 Å². The molecule has 0 atom stereocenters. The van der Waals surface area contributed by atoms with Crippen LogP contribution in [0.1, 0.15) is 5.56 Å². The largest absolute Gasteiger partial charge is 0.326 e. The second kappa shape index (κ2) is 4.23. The Morgan fingerprint density at radius 3 is 2.87 bits per heavy atom. The van der Waals surface area contributed by atoms with Gasteiger partial charge in [-0.2, -0.15) is 0 Å². The van der Waals surface area contributed by atoms with Crippen LogP contribution in [0.4, 0.5) is 0 Å². The van der Waals surface area contributed by atoms with Crippen LogP contribution in [-0.4, -0.2) is 14.5 Å². The van der Waals surface area contributed by atoms with Gasteiger partial charge in [-0.15, -0.1) is 0 Å². The van der Waals surface area contributed by atoms with Gasteiger partial charge in [-0.25, -0.2) is 4.98 Å². The van der Waals surface area contributed by atoms with Crippen molar-refractivity contribution in [3.05, 3.63) is 53.1 Å². The summed E-state index contributed by atoms with van der Waals surface area (Å²) < 4.78 is 1.78. The van der Waals surface area contributed by atoms with E-state index < -0.39 is 0 Å². The first-order valence-corrected chi connectivity index (χ1v) is 4.79. The summed E-state index contributed by atoms with van der Waals surface area (Å²) in [5, 5.41) is 8.09. The molecular weight excluding hydrogens is 212 g/mol. The molecule has 0 aliphatic carbocycles. The lowest BCUT2D eigenvalue weighted by Gasteiger charge is -2.05. The van der Waals surface area contributed by atoms with Gasteiger partial charge in [-0.3, -0.25) is 10.4 Å². The van der Waals surface area contributed by atoms with E-state index in [0.29, 0.717) is 17.2 Å². The van der Waals surface area contributed by atoms with E-state index in [4.69, 9.17) is 17.0 Å². The Bertz CT molecular complexity index is 503. The van der Waals surface area contributed by atoms with Gasteiger partial charge in [0.05, 0.1) is 12.7 Å². The molecule has 2 rings (SSSR count). The smallest absolute Gasteiger partial charge is 0.143 e. The maximum Gasteiger partial charge on any atom is 0.143 e. The summed E-state index contributed by atoms with van der Waals surface area (Å²) in [5.41, 5.74) is 1.37. The van der Waals surface area contributed by atoms with Crippen LogP contribution >= 0.6 is 11.6 Å². The maximum atomic E-state index is 7.62. The zero-order chi connectivity index (χ0) is 10.7. The first-order chi connectivity index (χ1) is 7.25. The van der Waals surface area contributed by atoms with Crippen molar-refractivity contribution in [3.8, 4) is 0 Å². The Labute approximate surface area is 91.7 Å². The van der Waals surface area contributed by atoms with E-state index in [1.54, 1.807) is 29.2 Å². The summed E-state index contributed by atoms with van der Waals surface area (Å²) in [6.45, 7) is 0.603. The van der Waals surface area contributed by atoms with Crippen LogP contribution in [0.25, 0.3) is 0 Å². The number of halogens is 1. The molecule has 0 fully saturated rings.